The van der Waals surface area contributed by atoms with Crippen molar-refractivity contribution in [2.75, 3.05) is 12.8 Å². The summed E-state index contributed by atoms with van der Waals surface area (Å²) in [6.07, 6.45) is 6.38. The molecule has 1 heterocycles. The normalized spacial score (nSPS) is 12.6. The molecule has 0 fully saturated rings. The van der Waals surface area contributed by atoms with Gasteiger partial charge in [-0.2, -0.15) is 0 Å². The van der Waals surface area contributed by atoms with Gasteiger partial charge in [-0.3, -0.25) is 4.98 Å². The standard InChI is InChI=1S/C17H23N3S/c1-13(2)10-14-4-6-15(7-5-14)16(18-3)12-21-17-11-19-8-9-20-17/h4-9,11,13,16,18H,10,12H2,1-3H3. The van der Waals surface area contributed by atoms with Gasteiger partial charge in [-0.1, -0.05) is 38.1 Å². The molecule has 1 N–H and O–H groups in total. The van der Waals surface area contributed by atoms with Crippen molar-refractivity contribution >= 4 is 11.8 Å². The van der Waals surface area contributed by atoms with Crippen molar-refractivity contribution in [2.45, 2.75) is 31.3 Å². The number of benzene rings is 1. The largest absolute Gasteiger partial charge is 0.312 e. The number of aromatic nitrogens is 2. The number of hydrogen-bond donors (Lipinski definition) is 1. The summed E-state index contributed by atoms with van der Waals surface area (Å²) in [6, 6.07) is 9.27. The molecule has 0 amide bonds. The highest BCUT2D eigenvalue weighted by molar-refractivity contribution is 7.99. The van der Waals surface area contributed by atoms with Gasteiger partial charge in [-0.25, -0.2) is 4.98 Å². The monoisotopic (exact) mass is 301 g/mol. The fourth-order valence-electron chi connectivity index (χ4n) is 2.23. The summed E-state index contributed by atoms with van der Waals surface area (Å²) in [4.78, 5) is 8.39. The first-order valence-corrected chi connectivity index (χ1v) is 8.32. The van der Waals surface area contributed by atoms with E-state index in [1.54, 1.807) is 24.2 Å². The minimum Gasteiger partial charge on any atom is -0.312 e. The summed E-state index contributed by atoms with van der Waals surface area (Å²) in [7, 11) is 2.00. The van der Waals surface area contributed by atoms with E-state index in [0.29, 0.717) is 12.0 Å². The van der Waals surface area contributed by atoms with Crippen molar-refractivity contribution in [3.63, 3.8) is 0 Å². The summed E-state index contributed by atoms with van der Waals surface area (Å²) in [6.45, 7) is 4.50. The van der Waals surface area contributed by atoms with Crippen LogP contribution in [-0.4, -0.2) is 22.8 Å². The molecule has 3 nitrogen and oxygen atoms in total. The van der Waals surface area contributed by atoms with E-state index in [4.69, 9.17) is 0 Å². The lowest BCUT2D eigenvalue weighted by Gasteiger charge is -2.16. The van der Waals surface area contributed by atoms with Gasteiger partial charge in [0.15, 0.2) is 0 Å². The molecule has 0 aliphatic heterocycles. The van der Waals surface area contributed by atoms with Crippen LogP contribution < -0.4 is 5.32 Å². The molecule has 0 saturated carbocycles. The molecule has 4 heteroatoms. The third kappa shape index (κ3) is 5.14. The Labute approximate surface area is 131 Å². The van der Waals surface area contributed by atoms with Gasteiger partial charge in [0.2, 0.25) is 0 Å². The number of nitrogens with one attached hydrogen (secondary N) is 1. The van der Waals surface area contributed by atoms with Crippen LogP contribution in [0, 0.1) is 5.92 Å². The highest BCUT2D eigenvalue weighted by Crippen LogP contribution is 2.23. The molecule has 1 unspecified atom stereocenters. The van der Waals surface area contributed by atoms with Crippen molar-refractivity contribution in [3.05, 3.63) is 54.0 Å². The van der Waals surface area contributed by atoms with Crippen LogP contribution in [0.4, 0.5) is 0 Å². The van der Waals surface area contributed by atoms with E-state index < -0.39 is 0 Å². The van der Waals surface area contributed by atoms with Crippen molar-refractivity contribution in [3.8, 4) is 0 Å². The van der Waals surface area contributed by atoms with Crippen molar-refractivity contribution in [2.24, 2.45) is 5.92 Å². The highest BCUT2D eigenvalue weighted by Gasteiger charge is 2.10. The molecule has 112 valence electrons. The molecule has 1 atom stereocenters. The van der Waals surface area contributed by atoms with Gasteiger partial charge in [0.05, 0.1) is 6.20 Å². The lowest BCUT2D eigenvalue weighted by atomic mass is 10.00. The zero-order valence-corrected chi connectivity index (χ0v) is 13.7. The first-order chi connectivity index (χ1) is 10.2. The van der Waals surface area contributed by atoms with E-state index in [0.717, 1.165) is 17.2 Å². The third-order valence-corrected chi connectivity index (χ3v) is 4.32. The van der Waals surface area contributed by atoms with Gasteiger partial charge in [0, 0.05) is 24.2 Å². The van der Waals surface area contributed by atoms with Crippen molar-refractivity contribution in [1.82, 2.24) is 15.3 Å². The van der Waals surface area contributed by atoms with Crippen LogP contribution in [0.15, 0.2) is 47.9 Å². The fraction of sp³-hybridized carbons (Fsp3) is 0.412. The van der Waals surface area contributed by atoms with Crippen LogP contribution in [0.2, 0.25) is 0 Å². The van der Waals surface area contributed by atoms with Crippen molar-refractivity contribution in [1.29, 1.82) is 0 Å². The Morgan fingerprint density at radius 1 is 1.14 bits per heavy atom. The van der Waals surface area contributed by atoms with Gasteiger partial charge >= 0.3 is 0 Å². The van der Waals surface area contributed by atoms with Crippen LogP contribution in [-0.2, 0) is 6.42 Å². The molecule has 0 spiro atoms. The first kappa shape index (κ1) is 16.0. The first-order valence-electron chi connectivity index (χ1n) is 7.34. The number of hydrogen-bond acceptors (Lipinski definition) is 4. The Hall–Kier alpha value is -1.39. The maximum Gasteiger partial charge on any atom is 0.114 e. The van der Waals surface area contributed by atoms with E-state index in [2.05, 4.69) is 53.4 Å². The lowest BCUT2D eigenvalue weighted by molar-refractivity contribution is 0.643. The Balaban J connectivity index is 1.97. The zero-order valence-electron chi connectivity index (χ0n) is 12.9. The van der Waals surface area contributed by atoms with Gasteiger partial charge in [0.1, 0.15) is 5.03 Å². The molecule has 0 aliphatic rings. The summed E-state index contributed by atoms with van der Waals surface area (Å²) >= 11 is 1.73. The van der Waals surface area contributed by atoms with Crippen LogP contribution in [0.5, 0.6) is 0 Å². The molecule has 0 bridgehead atoms. The predicted octanol–water partition coefficient (Wildman–Crippen LogP) is 3.73. The number of rotatable bonds is 7. The summed E-state index contributed by atoms with van der Waals surface area (Å²) < 4.78 is 0. The van der Waals surface area contributed by atoms with Crippen LogP contribution in [0.3, 0.4) is 0 Å². The van der Waals surface area contributed by atoms with Gasteiger partial charge in [-0.05, 0) is 30.5 Å². The third-order valence-electron chi connectivity index (χ3n) is 3.31. The fourth-order valence-corrected chi connectivity index (χ4v) is 3.20. The SMILES string of the molecule is CNC(CSc1cnccn1)c1ccc(CC(C)C)cc1. The second-order valence-corrected chi connectivity index (χ2v) is 6.58. The highest BCUT2D eigenvalue weighted by atomic mass is 32.2. The average Bonchev–Trinajstić information content (AvgIpc) is 2.50. The topological polar surface area (TPSA) is 37.8 Å². The Bertz CT molecular complexity index is 525. The molecular weight excluding hydrogens is 278 g/mol. The number of thioether (sulfide) groups is 1. The molecular formula is C17H23N3S. The van der Waals surface area contributed by atoms with Crippen molar-refractivity contribution < 1.29 is 0 Å². The summed E-state index contributed by atoms with van der Waals surface area (Å²) in [5.41, 5.74) is 2.73. The Morgan fingerprint density at radius 3 is 2.48 bits per heavy atom. The van der Waals surface area contributed by atoms with E-state index in [9.17, 15) is 0 Å². The van der Waals surface area contributed by atoms with Gasteiger partial charge < -0.3 is 5.32 Å². The van der Waals surface area contributed by atoms with Gasteiger partial charge in [0.25, 0.3) is 0 Å². The van der Waals surface area contributed by atoms with E-state index in [1.807, 2.05) is 13.2 Å². The minimum absolute atomic E-state index is 0.324. The molecule has 21 heavy (non-hydrogen) atoms. The Kier molecular flexibility index (Phi) is 6.21. The van der Waals surface area contributed by atoms with E-state index >= 15 is 0 Å². The maximum atomic E-state index is 4.30. The van der Waals surface area contributed by atoms with E-state index in [1.165, 1.54) is 11.1 Å². The summed E-state index contributed by atoms with van der Waals surface area (Å²) in [5, 5.41) is 4.35. The molecule has 1 aromatic carbocycles. The second kappa shape index (κ2) is 8.15. The summed E-state index contributed by atoms with van der Waals surface area (Å²) in [5.74, 6) is 1.64. The molecule has 0 aliphatic carbocycles. The van der Waals surface area contributed by atoms with Gasteiger partial charge in [-0.15, -0.1) is 11.8 Å². The maximum absolute atomic E-state index is 4.30. The zero-order chi connectivity index (χ0) is 15.1. The smallest absolute Gasteiger partial charge is 0.114 e. The quantitative estimate of drug-likeness (QED) is 0.791. The molecule has 2 rings (SSSR count). The minimum atomic E-state index is 0.324. The molecule has 0 radical (unpaired) electrons. The second-order valence-electron chi connectivity index (χ2n) is 5.54. The van der Waals surface area contributed by atoms with Crippen LogP contribution in [0.25, 0.3) is 0 Å². The molecule has 2 aromatic rings. The van der Waals surface area contributed by atoms with Crippen LogP contribution >= 0.6 is 11.8 Å². The average molecular weight is 301 g/mol. The van der Waals surface area contributed by atoms with E-state index in [-0.39, 0.29) is 0 Å². The predicted molar refractivity (Wildman–Crippen MR) is 89.5 cm³/mol. The number of nitrogens with zero attached hydrogens (tertiary/aromatic N) is 2. The molecule has 0 saturated heterocycles. The molecule has 1 aromatic heterocycles. The van der Waals surface area contributed by atoms with Crippen LogP contribution in [0.1, 0.15) is 31.0 Å². The Morgan fingerprint density at radius 2 is 1.90 bits per heavy atom. The lowest BCUT2D eigenvalue weighted by Crippen LogP contribution is -2.18.